The van der Waals surface area contributed by atoms with Crippen molar-refractivity contribution < 1.29 is 4.79 Å². The normalized spacial score (nSPS) is 15.0. The first-order chi connectivity index (χ1) is 12.3. The average molecular weight is 370 g/mol. The molecule has 0 saturated carbocycles. The van der Waals surface area contributed by atoms with Crippen LogP contribution in [0.15, 0.2) is 35.4 Å². The van der Waals surface area contributed by atoms with Gasteiger partial charge in [0.1, 0.15) is 29.2 Å². The lowest BCUT2D eigenvalue weighted by Crippen LogP contribution is -2.42. The van der Waals surface area contributed by atoms with Crippen LogP contribution in [0.2, 0.25) is 5.02 Å². The molecule has 0 unspecified atom stereocenters. The Bertz CT molecular complexity index is 1140. The van der Waals surface area contributed by atoms with Crippen LogP contribution in [0.1, 0.15) is 29.9 Å². The number of carbonyl (C=O) groups excluding carboxylic acids is 1. The van der Waals surface area contributed by atoms with E-state index in [1.807, 2.05) is 0 Å². The van der Waals surface area contributed by atoms with Crippen LogP contribution in [0.3, 0.4) is 0 Å². The number of aryl methyl sites for hydroxylation is 1. The number of pyridine rings is 1. The van der Waals surface area contributed by atoms with E-state index in [4.69, 9.17) is 11.6 Å². The zero-order valence-corrected chi connectivity index (χ0v) is 15.2. The fourth-order valence-electron chi connectivity index (χ4n) is 3.30. The summed E-state index contributed by atoms with van der Waals surface area (Å²) in [6.07, 6.45) is 1.42. The van der Waals surface area contributed by atoms with Crippen molar-refractivity contribution in [1.82, 2.24) is 19.9 Å². The third-order valence-electron chi connectivity index (χ3n) is 4.44. The minimum absolute atomic E-state index is 0.254. The molecule has 0 radical (unpaired) electrons. The molecule has 132 valence electrons. The van der Waals surface area contributed by atoms with Gasteiger partial charge in [0.05, 0.1) is 5.52 Å². The third kappa shape index (κ3) is 2.43. The second-order valence-electron chi connectivity index (χ2n) is 6.75. The number of carbonyl (C=O) groups is 1. The summed E-state index contributed by atoms with van der Waals surface area (Å²) in [5.41, 5.74) is 1.01. The quantitative estimate of drug-likeness (QED) is 0.725. The van der Waals surface area contributed by atoms with E-state index in [1.54, 1.807) is 45.0 Å². The van der Waals surface area contributed by atoms with Crippen molar-refractivity contribution >= 4 is 39.9 Å². The number of benzene rings is 1. The van der Waals surface area contributed by atoms with Crippen molar-refractivity contribution in [2.75, 3.05) is 5.32 Å². The first-order valence-electron chi connectivity index (χ1n) is 8.05. The zero-order chi connectivity index (χ0) is 18.6. The van der Waals surface area contributed by atoms with Gasteiger partial charge in [-0.15, -0.1) is 0 Å². The molecule has 2 N–H and O–H groups in total. The van der Waals surface area contributed by atoms with E-state index >= 15 is 0 Å². The summed E-state index contributed by atoms with van der Waals surface area (Å²) in [7, 11) is 0. The van der Waals surface area contributed by atoms with Gasteiger partial charge >= 0.3 is 0 Å². The number of nitrogens with zero attached hydrogens (tertiary/aromatic N) is 3. The van der Waals surface area contributed by atoms with Crippen LogP contribution in [0.4, 0.5) is 11.5 Å². The van der Waals surface area contributed by atoms with Crippen molar-refractivity contribution in [3.8, 4) is 0 Å². The monoisotopic (exact) mass is 369 g/mol. The van der Waals surface area contributed by atoms with Crippen LogP contribution >= 0.6 is 11.6 Å². The average Bonchev–Trinajstić information content (AvgIpc) is 2.82. The van der Waals surface area contributed by atoms with Crippen molar-refractivity contribution in [1.29, 1.82) is 0 Å². The van der Waals surface area contributed by atoms with Crippen molar-refractivity contribution in [3.63, 3.8) is 0 Å². The van der Waals surface area contributed by atoms with Crippen LogP contribution in [0.5, 0.6) is 0 Å². The van der Waals surface area contributed by atoms with Crippen molar-refractivity contribution in [3.05, 3.63) is 57.2 Å². The van der Waals surface area contributed by atoms with Gasteiger partial charge in [-0.2, -0.15) is 0 Å². The largest absolute Gasteiger partial charge is 0.335 e. The standard InChI is InChI=1S/C18H16ClN5O2/c1-9-6-13(17(26)24-14(9)16(25)23-18(24,2)3)22-15-11-7-10(19)4-5-12(11)20-8-21-15/h4-8H,1-3H3,(H,23,25)(H,20,21,22). The van der Waals surface area contributed by atoms with E-state index < -0.39 is 5.66 Å². The minimum atomic E-state index is -0.803. The first kappa shape index (κ1) is 16.5. The summed E-state index contributed by atoms with van der Waals surface area (Å²) >= 11 is 6.09. The van der Waals surface area contributed by atoms with Crippen molar-refractivity contribution in [2.24, 2.45) is 0 Å². The molecule has 7 nitrogen and oxygen atoms in total. The molecule has 3 heterocycles. The van der Waals surface area contributed by atoms with Gasteiger partial charge in [0.25, 0.3) is 11.5 Å². The van der Waals surface area contributed by atoms with Crippen LogP contribution in [-0.4, -0.2) is 20.4 Å². The maximum Gasteiger partial charge on any atom is 0.276 e. The van der Waals surface area contributed by atoms with Gasteiger partial charge in [0.15, 0.2) is 0 Å². The molecule has 1 aromatic carbocycles. The highest BCUT2D eigenvalue weighted by molar-refractivity contribution is 6.31. The molecule has 0 aliphatic carbocycles. The van der Waals surface area contributed by atoms with Gasteiger partial charge in [-0.05, 0) is 50.6 Å². The highest BCUT2D eigenvalue weighted by Gasteiger charge is 2.37. The number of aromatic nitrogens is 3. The van der Waals surface area contributed by atoms with E-state index in [9.17, 15) is 9.59 Å². The summed E-state index contributed by atoms with van der Waals surface area (Å²) in [4.78, 5) is 33.7. The highest BCUT2D eigenvalue weighted by atomic mass is 35.5. The molecule has 1 aliphatic heterocycles. The molecule has 1 aliphatic rings. The van der Waals surface area contributed by atoms with E-state index in [1.165, 1.54) is 10.9 Å². The number of rotatable bonds is 2. The number of nitrogens with one attached hydrogen (secondary N) is 2. The molecular formula is C18H16ClN5O2. The molecule has 0 atom stereocenters. The Morgan fingerprint density at radius 1 is 1.19 bits per heavy atom. The molecule has 2 aromatic heterocycles. The predicted octanol–water partition coefficient (Wildman–Crippen LogP) is 2.93. The van der Waals surface area contributed by atoms with Crippen LogP contribution in [-0.2, 0) is 5.66 Å². The van der Waals surface area contributed by atoms with Gasteiger partial charge in [-0.3, -0.25) is 14.2 Å². The molecule has 26 heavy (non-hydrogen) atoms. The second kappa shape index (κ2) is 5.54. The van der Waals surface area contributed by atoms with E-state index in [0.717, 1.165) is 0 Å². The maximum atomic E-state index is 13.0. The Labute approximate surface area is 154 Å². The number of fused-ring (bicyclic) bond motifs is 2. The second-order valence-corrected chi connectivity index (χ2v) is 7.19. The van der Waals surface area contributed by atoms with Gasteiger partial charge in [-0.25, -0.2) is 9.97 Å². The third-order valence-corrected chi connectivity index (χ3v) is 4.67. The van der Waals surface area contributed by atoms with Gasteiger partial charge in [0.2, 0.25) is 0 Å². The Kier molecular flexibility index (Phi) is 3.52. The van der Waals surface area contributed by atoms with Crippen LogP contribution in [0, 0.1) is 6.92 Å². The highest BCUT2D eigenvalue weighted by Crippen LogP contribution is 2.28. The van der Waals surface area contributed by atoms with Crippen LogP contribution < -0.4 is 16.2 Å². The molecule has 1 amide bonds. The Balaban J connectivity index is 1.90. The molecule has 0 bridgehead atoms. The number of anilines is 2. The Hall–Kier alpha value is -2.93. The molecule has 4 rings (SSSR count). The summed E-state index contributed by atoms with van der Waals surface area (Å²) < 4.78 is 1.48. The predicted molar refractivity (Wildman–Crippen MR) is 100 cm³/mol. The number of amides is 1. The smallest absolute Gasteiger partial charge is 0.276 e. The Morgan fingerprint density at radius 2 is 1.96 bits per heavy atom. The first-order valence-corrected chi connectivity index (χ1v) is 8.43. The van der Waals surface area contributed by atoms with Crippen molar-refractivity contribution in [2.45, 2.75) is 26.4 Å². The molecule has 0 fully saturated rings. The lowest BCUT2D eigenvalue weighted by Gasteiger charge is -2.22. The summed E-state index contributed by atoms with van der Waals surface area (Å²) in [6, 6.07) is 6.94. The zero-order valence-electron chi connectivity index (χ0n) is 14.4. The summed E-state index contributed by atoms with van der Waals surface area (Å²) in [5, 5.41) is 7.16. The molecule has 0 saturated heterocycles. The molecular weight excluding hydrogens is 354 g/mol. The lowest BCUT2D eigenvalue weighted by atomic mass is 10.1. The van der Waals surface area contributed by atoms with Gasteiger partial charge in [0, 0.05) is 10.4 Å². The lowest BCUT2D eigenvalue weighted by molar-refractivity contribution is 0.0934. The van der Waals surface area contributed by atoms with E-state index in [0.29, 0.717) is 38.7 Å². The minimum Gasteiger partial charge on any atom is -0.335 e. The van der Waals surface area contributed by atoms with Crippen LogP contribution in [0.25, 0.3) is 10.9 Å². The summed E-state index contributed by atoms with van der Waals surface area (Å²) in [6.45, 7) is 5.37. The van der Waals surface area contributed by atoms with E-state index in [-0.39, 0.29) is 11.5 Å². The van der Waals surface area contributed by atoms with Gasteiger partial charge < -0.3 is 10.6 Å². The Morgan fingerprint density at radius 3 is 2.73 bits per heavy atom. The van der Waals surface area contributed by atoms with Gasteiger partial charge in [-0.1, -0.05) is 11.6 Å². The molecule has 0 spiro atoms. The maximum absolute atomic E-state index is 13.0. The topological polar surface area (TPSA) is 88.9 Å². The fourth-order valence-corrected chi connectivity index (χ4v) is 3.47. The molecule has 8 heteroatoms. The fraction of sp³-hybridized carbons (Fsp3) is 0.222. The number of hydrogen-bond acceptors (Lipinski definition) is 5. The number of hydrogen-bond donors (Lipinski definition) is 2. The SMILES string of the molecule is Cc1cc(Nc2ncnc3ccc(Cl)cc23)c(=O)n2c1C(=O)NC2(C)C. The molecule has 3 aromatic rings. The summed E-state index contributed by atoms with van der Waals surface area (Å²) in [5.74, 6) is 0.222. The number of halogens is 1. The van der Waals surface area contributed by atoms with E-state index in [2.05, 4.69) is 20.6 Å².